The number of benzene rings is 8. The van der Waals surface area contributed by atoms with Crippen molar-refractivity contribution in [1.29, 1.82) is 0 Å². The first-order valence-corrected chi connectivity index (χ1v) is 12.2. The minimum Gasteiger partial charge on any atom is -0.0622 e. The minimum absolute atomic E-state index is 0.0854. The topological polar surface area (TPSA) is 0 Å². The van der Waals surface area contributed by atoms with Gasteiger partial charge in [0.2, 0.25) is 0 Å². The normalized spacial score (nSPS) is 18.9. The van der Waals surface area contributed by atoms with Crippen molar-refractivity contribution in [2.24, 2.45) is 0 Å². The summed E-state index contributed by atoms with van der Waals surface area (Å²) in [6.07, 6.45) is 0. The first-order valence-electron chi connectivity index (χ1n) is 22.7. The Hall–Kier alpha value is -5.20. The summed E-state index contributed by atoms with van der Waals surface area (Å²) < 4.78 is 188. The summed E-state index contributed by atoms with van der Waals surface area (Å²) in [6.45, 7) is 0. The van der Waals surface area contributed by atoms with Crippen molar-refractivity contribution in [2.45, 2.75) is 0 Å². The van der Waals surface area contributed by atoms with E-state index in [2.05, 4.69) is 0 Å². The van der Waals surface area contributed by atoms with Gasteiger partial charge in [0, 0.05) is 0 Å². The molecule has 0 aliphatic heterocycles. The van der Waals surface area contributed by atoms with E-state index in [9.17, 15) is 11.0 Å². The quantitative estimate of drug-likeness (QED) is 0.200. The molecule has 0 spiro atoms. The van der Waals surface area contributed by atoms with Crippen LogP contribution in [0.2, 0.25) is 0 Å². The smallest absolute Gasteiger partial charge is 0.0622 e. The highest BCUT2D eigenvalue weighted by atomic mass is 14.2. The monoisotopic (exact) mass is 527 g/mol. The average Bonchev–Trinajstić information content (AvgIpc) is 3.24. The standard InChI is InChI=1S/C40H26/c1-2-12-29(13-3-1)39-35-16-8-9-17-36(35)40(34-21-19-28-11-5-7-15-31(28)25-34)38-26-33(22-23-37(38)39)32-20-18-27-10-4-6-14-30(27)24-32/h1-26H/i4D,5D,6D,7D,8D,9D,10D,11D,14D,15D,16D,17D,18D,19D,20D,21D,22D,23D,24D,25D,26D. The molecule has 0 aliphatic rings. The molecule has 40 heavy (non-hydrogen) atoms. The fourth-order valence-electron chi connectivity index (χ4n) is 4.80. The van der Waals surface area contributed by atoms with E-state index in [-0.39, 0.29) is 21.9 Å². The summed E-state index contributed by atoms with van der Waals surface area (Å²) in [5.74, 6) is 0. The number of rotatable bonds is 3. The molecular formula is C40H26. The third-order valence-electron chi connectivity index (χ3n) is 6.56. The van der Waals surface area contributed by atoms with E-state index in [4.69, 9.17) is 17.8 Å². The van der Waals surface area contributed by atoms with Gasteiger partial charge in [0.25, 0.3) is 0 Å². The molecule has 0 atom stereocenters. The highest BCUT2D eigenvalue weighted by Gasteiger charge is 2.17. The van der Waals surface area contributed by atoms with Gasteiger partial charge in [-0.2, -0.15) is 0 Å². The molecule has 0 amide bonds. The lowest BCUT2D eigenvalue weighted by Gasteiger charge is -2.19. The van der Waals surface area contributed by atoms with E-state index < -0.39 is 181 Å². The van der Waals surface area contributed by atoms with Gasteiger partial charge in [-0.3, -0.25) is 0 Å². The van der Waals surface area contributed by atoms with Crippen molar-refractivity contribution in [1.82, 2.24) is 0 Å². The summed E-state index contributed by atoms with van der Waals surface area (Å²) in [4.78, 5) is 0. The number of fused-ring (bicyclic) bond motifs is 4. The molecule has 0 heterocycles. The van der Waals surface area contributed by atoms with Gasteiger partial charge < -0.3 is 0 Å². The Morgan fingerprint density at radius 2 is 0.800 bits per heavy atom. The molecule has 8 aromatic rings. The Kier molecular flexibility index (Phi) is 2.32. The van der Waals surface area contributed by atoms with E-state index in [1.165, 1.54) is 0 Å². The zero-order valence-electron chi connectivity index (χ0n) is 41.4. The Morgan fingerprint density at radius 3 is 1.48 bits per heavy atom. The third-order valence-corrected chi connectivity index (χ3v) is 6.56. The molecule has 0 aromatic heterocycles. The van der Waals surface area contributed by atoms with Crippen molar-refractivity contribution in [2.75, 3.05) is 0 Å². The van der Waals surface area contributed by atoms with Crippen LogP contribution in [0.25, 0.3) is 76.5 Å². The zero-order valence-corrected chi connectivity index (χ0v) is 20.4. The van der Waals surface area contributed by atoms with Gasteiger partial charge >= 0.3 is 0 Å². The largest absolute Gasteiger partial charge is 0.0636 e. The molecule has 0 bridgehead atoms. The molecule has 0 fully saturated rings. The highest BCUT2D eigenvalue weighted by molar-refractivity contribution is 6.22. The van der Waals surface area contributed by atoms with Crippen molar-refractivity contribution >= 4 is 43.1 Å². The van der Waals surface area contributed by atoms with Gasteiger partial charge in [-0.05, 0) is 94.6 Å². The van der Waals surface area contributed by atoms with Crippen LogP contribution in [0.3, 0.4) is 0 Å². The van der Waals surface area contributed by atoms with E-state index in [1.807, 2.05) is 0 Å². The van der Waals surface area contributed by atoms with Crippen LogP contribution < -0.4 is 0 Å². The SMILES string of the molecule is [2H]c1c([2H])c([2H])c2c([2H])c(-c3c([2H])c([2H])c4c(-c5ccccc5)c5c([2H])c([2H])c([2H])c([2H])c5c(-c5c([2H])c([2H])c6c([2H])c([2H])c([2H])c([2H])c6c5[2H])c4c3[2H])c([2H])c([2H])c2c1[2H]. The number of hydrogen-bond donors (Lipinski definition) is 0. The van der Waals surface area contributed by atoms with Crippen LogP contribution in [0.15, 0.2) is 157 Å². The Morgan fingerprint density at radius 1 is 0.325 bits per heavy atom. The molecule has 8 aromatic carbocycles. The molecule has 0 N–H and O–H groups in total. The highest BCUT2D eigenvalue weighted by Crippen LogP contribution is 2.45. The van der Waals surface area contributed by atoms with E-state index in [0.29, 0.717) is 0 Å². The number of hydrogen-bond acceptors (Lipinski definition) is 0. The van der Waals surface area contributed by atoms with E-state index in [0.717, 1.165) is 0 Å². The molecule has 0 saturated heterocycles. The summed E-state index contributed by atoms with van der Waals surface area (Å²) in [5, 5.41) is -3.54. The molecule has 0 nitrogen and oxygen atoms in total. The van der Waals surface area contributed by atoms with Crippen molar-refractivity contribution in [3.8, 4) is 33.4 Å². The molecule has 0 saturated carbocycles. The maximum absolute atomic E-state index is 9.93. The van der Waals surface area contributed by atoms with Crippen LogP contribution in [0, 0.1) is 0 Å². The van der Waals surface area contributed by atoms with Crippen LogP contribution in [-0.2, 0) is 0 Å². The fourth-order valence-corrected chi connectivity index (χ4v) is 4.80. The zero-order chi connectivity index (χ0) is 44.7. The van der Waals surface area contributed by atoms with Crippen molar-refractivity contribution < 1.29 is 28.8 Å². The maximum atomic E-state index is 9.93. The Labute approximate surface area is 263 Å². The lowest BCUT2D eigenvalue weighted by Crippen LogP contribution is -1.92. The lowest BCUT2D eigenvalue weighted by molar-refractivity contribution is 1.65. The molecule has 186 valence electrons. The maximum Gasteiger partial charge on any atom is 0.0636 e. The first kappa shape index (κ1) is 10.1. The van der Waals surface area contributed by atoms with Gasteiger partial charge in [-0.1, -0.05) is 139 Å². The fraction of sp³-hybridized carbons (Fsp3) is 0. The molecule has 8 rings (SSSR count). The predicted molar refractivity (Wildman–Crippen MR) is 173 cm³/mol. The van der Waals surface area contributed by atoms with E-state index in [1.54, 1.807) is 30.3 Å². The minimum atomic E-state index is -0.857. The summed E-state index contributed by atoms with van der Waals surface area (Å²) in [5.41, 5.74) is -2.36. The van der Waals surface area contributed by atoms with Gasteiger partial charge in [-0.15, -0.1) is 0 Å². The third kappa shape index (κ3) is 3.69. The van der Waals surface area contributed by atoms with Gasteiger partial charge in [-0.25, -0.2) is 0 Å². The van der Waals surface area contributed by atoms with Gasteiger partial charge in [0.1, 0.15) is 0 Å². The Bertz CT molecular complexity index is 3360. The molecule has 0 aliphatic carbocycles. The molecule has 0 heteroatoms. The van der Waals surface area contributed by atoms with Crippen LogP contribution in [0.1, 0.15) is 28.8 Å². The molecule has 0 unspecified atom stereocenters. The van der Waals surface area contributed by atoms with Crippen LogP contribution >= 0.6 is 0 Å². The van der Waals surface area contributed by atoms with Gasteiger partial charge in [0.15, 0.2) is 0 Å². The second-order valence-corrected chi connectivity index (χ2v) is 8.87. The average molecular weight is 528 g/mol. The van der Waals surface area contributed by atoms with Gasteiger partial charge in [0.05, 0.1) is 28.8 Å². The molecule has 0 radical (unpaired) electrons. The van der Waals surface area contributed by atoms with E-state index >= 15 is 0 Å². The predicted octanol–water partition coefficient (Wildman–Crippen LogP) is 11.3. The van der Waals surface area contributed by atoms with Crippen LogP contribution in [0.5, 0.6) is 0 Å². The lowest BCUT2D eigenvalue weighted by atomic mass is 9.84. The van der Waals surface area contributed by atoms with Crippen LogP contribution in [-0.4, -0.2) is 0 Å². The first-order chi connectivity index (χ1) is 28.6. The second kappa shape index (κ2) is 9.22. The summed E-state index contributed by atoms with van der Waals surface area (Å²) in [7, 11) is 0. The Balaban J connectivity index is 1.76. The second-order valence-electron chi connectivity index (χ2n) is 8.87. The van der Waals surface area contributed by atoms with Crippen LogP contribution in [0.4, 0.5) is 0 Å². The van der Waals surface area contributed by atoms with Crippen molar-refractivity contribution in [3.63, 3.8) is 0 Å². The van der Waals surface area contributed by atoms with Crippen molar-refractivity contribution in [3.05, 3.63) is 157 Å². The summed E-state index contributed by atoms with van der Waals surface area (Å²) in [6, 6.07) is -8.34. The molecular weight excluding hydrogens is 480 g/mol. The summed E-state index contributed by atoms with van der Waals surface area (Å²) >= 11 is 0.